The lowest BCUT2D eigenvalue weighted by atomic mass is 10.2. The number of aromatic amines is 1. The number of hydrogen-bond donors (Lipinski definition) is 4. The van der Waals surface area contributed by atoms with Crippen LogP contribution >= 0.6 is 0 Å². The molecule has 0 aliphatic heterocycles. The summed E-state index contributed by atoms with van der Waals surface area (Å²) in [6, 6.07) is 5.80. The molecule has 0 radical (unpaired) electrons. The number of pyridine rings is 1. The number of rotatable bonds is 9. The van der Waals surface area contributed by atoms with Crippen molar-refractivity contribution in [3.05, 3.63) is 42.6 Å². The Morgan fingerprint density at radius 1 is 1.27 bits per heavy atom. The lowest BCUT2D eigenvalue weighted by molar-refractivity contribution is 0.753. The first-order valence-electron chi connectivity index (χ1n) is 7.50. The summed E-state index contributed by atoms with van der Waals surface area (Å²) in [6.07, 6.45) is 8.15. The summed E-state index contributed by atoms with van der Waals surface area (Å²) < 4.78 is 0. The van der Waals surface area contributed by atoms with Crippen molar-refractivity contribution in [1.82, 2.24) is 20.3 Å². The molecule has 22 heavy (non-hydrogen) atoms. The van der Waals surface area contributed by atoms with Gasteiger partial charge in [-0.05, 0) is 31.4 Å². The predicted octanol–water partition coefficient (Wildman–Crippen LogP) is 1.14. The molecule has 2 aromatic heterocycles. The molecule has 2 rings (SSSR count). The van der Waals surface area contributed by atoms with Crippen molar-refractivity contribution >= 4 is 11.8 Å². The minimum absolute atomic E-state index is 0.502. The van der Waals surface area contributed by atoms with Gasteiger partial charge in [-0.1, -0.05) is 6.07 Å². The summed E-state index contributed by atoms with van der Waals surface area (Å²) in [5, 5.41) is 6.35. The fourth-order valence-electron chi connectivity index (χ4n) is 1.93. The van der Waals surface area contributed by atoms with Crippen LogP contribution in [0.25, 0.3) is 0 Å². The zero-order chi connectivity index (χ0) is 15.5. The molecule has 2 aromatic rings. The maximum absolute atomic E-state index is 5.81. The molecule has 0 spiro atoms. The Kier molecular flexibility index (Phi) is 6.74. The van der Waals surface area contributed by atoms with Crippen LogP contribution < -0.4 is 16.4 Å². The minimum atomic E-state index is 0.502. The Hall–Kier alpha value is -2.57. The number of aliphatic imine (C=N–C) groups is 1. The molecular weight excluding hydrogens is 278 g/mol. The lowest BCUT2D eigenvalue weighted by Crippen LogP contribution is -2.32. The number of nitrogens with two attached hydrogens (primary N) is 1. The Morgan fingerprint density at radius 3 is 3.00 bits per heavy atom. The molecule has 0 unspecified atom stereocenters. The molecule has 0 saturated carbocycles. The molecule has 7 nitrogen and oxygen atoms in total. The topological polar surface area (TPSA) is 104 Å². The summed E-state index contributed by atoms with van der Waals surface area (Å²) in [5.74, 6) is 1.39. The van der Waals surface area contributed by atoms with Crippen molar-refractivity contribution in [2.75, 3.05) is 25.0 Å². The van der Waals surface area contributed by atoms with Gasteiger partial charge in [-0.2, -0.15) is 0 Å². The van der Waals surface area contributed by atoms with Gasteiger partial charge in [-0.3, -0.25) is 4.99 Å². The molecule has 0 aromatic carbocycles. The fourth-order valence-corrected chi connectivity index (χ4v) is 1.93. The number of nitrogens with one attached hydrogen (secondary N) is 3. The number of guanidine groups is 1. The smallest absolute Gasteiger partial charge is 0.188 e. The third kappa shape index (κ3) is 6.25. The van der Waals surface area contributed by atoms with Crippen LogP contribution in [-0.2, 0) is 6.42 Å². The lowest BCUT2D eigenvalue weighted by Gasteiger charge is -2.06. The van der Waals surface area contributed by atoms with E-state index in [1.54, 1.807) is 12.5 Å². The standard InChI is InChI=1S/C15H23N7/c16-15(20-8-3-5-13-11-17-12-22-13)21-10-4-9-19-14-6-1-2-7-18-14/h1-2,6-7,11-12H,3-5,8-10H2,(H,17,22)(H,18,19)(H3,16,20,21). The number of hydrogen-bond acceptors (Lipinski definition) is 4. The number of nitrogens with zero attached hydrogens (tertiary/aromatic N) is 3. The van der Waals surface area contributed by atoms with Crippen molar-refractivity contribution in [2.45, 2.75) is 19.3 Å². The summed E-state index contributed by atoms with van der Waals surface area (Å²) in [6.45, 7) is 2.33. The second-order valence-electron chi connectivity index (χ2n) is 4.87. The number of aromatic nitrogens is 3. The second-order valence-corrected chi connectivity index (χ2v) is 4.87. The first-order chi connectivity index (χ1) is 10.8. The van der Waals surface area contributed by atoms with Gasteiger partial charge in [0.1, 0.15) is 5.82 Å². The van der Waals surface area contributed by atoms with Crippen molar-refractivity contribution in [1.29, 1.82) is 0 Å². The highest BCUT2D eigenvalue weighted by Crippen LogP contribution is 1.99. The molecule has 2 heterocycles. The largest absolute Gasteiger partial charge is 0.370 e. The quantitative estimate of drug-likeness (QED) is 0.316. The van der Waals surface area contributed by atoms with E-state index in [2.05, 4.69) is 30.6 Å². The van der Waals surface area contributed by atoms with Gasteiger partial charge in [0.05, 0.1) is 6.33 Å². The number of H-pyrrole nitrogens is 1. The number of imidazole rings is 1. The Balaban J connectivity index is 1.50. The Labute approximate surface area is 130 Å². The second kappa shape index (κ2) is 9.38. The van der Waals surface area contributed by atoms with Crippen LogP contribution in [-0.4, -0.2) is 40.5 Å². The molecule has 5 N–H and O–H groups in total. The molecule has 0 saturated heterocycles. The summed E-state index contributed by atoms with van der Waals surface area (Å²) in [7, 11) is 0. The molecule has 0 atom stereocenters. The predicted molar refractivity (Wildman–Crippen MR) is 88.7 cm³/mol. The van der Waals surface area contributed by atoms with E-state index in [0.29, 0.717) is 12.5 Å². The Morgan fingerprint density at radius 2 is 2.23 bits per heavy atom. The van der Waals surface area contributed by atoms with E-state index in [1.165, 1.54) is 0 Å². The van der Waals surface area contributed by atoms with Gasteiger partial charge in [-0.15, -0.1) is 0 Å². The molecule has 0 aliphatic carbocycles. The van der Waals surface area contributed by atoms with E-state index >= 15 is 0 Å². The van der Waals surface area contributed by atoms with Crippen LogP contribution in [0.15, 0.2) is 41.9 Å². The van der Waals surface area contributed by atoms with Gasteiger partial charge in [0, 0.05) is 37.7 Å². The summed E-state index contributed by atoms with van der Waals surface area (Å²) in [5.41, 5.74) is 6.95. The highest BCUT2D eigenvalue weighted by atomic mass is 15.1. The van der Waals surface area contributed by atoms with Gasteiger partial charge in [0.15, 0.2) is 5.96 Å². The first kappa shape index (κ1) is 15.8. The molecule has 118 valence electrons. The van der Waals surface area contributed by atoms with Crippen LogP contribution in [0.1, 0.15) is 18.5 Å². The number of anilines is 1. The minimum Gasteiger partial charge on any atom is -0.370 e. The van der Waals surface area contributed by atoms with Crippen LogP contribution in [0.5, 0.6) is 0 Å². The maximum atomic E-state index is 5.81. The van der Waals surface area contributed by atoms with E-state index < -0.39 is 0 Å². The normalized spacial score (nSPS) is 11.4. The Bertz CT molecular complexity index is 536. The molecule has 7 heteroatoms. The molecule has 0 aliphatic rings. The van der Waals surface area contributed by atoms with E-state index in [-0.39, 0.29) is 0 Å². The van der Waals surface area contributed by atoms with E-state index in [9.17, 15) is 0 Å². The third-order valence-corrected chi connectivity index (χ3v) is 3.07. The van der Waals surface area contributed by atoms with Gasteiger partial charge >= 0.3 is 0 Å². The van der Waals surface area contributed by atoms with Gasteiger partial charge in [0.2, 0.25) is 0 Å². The summed E-state index contributed by atoms with van der Waals surface area (Å²) in [4.78, 5) is 15.5. The molecule has 0 amide bonds. The SMILES string of the molecule is NC(=NCCCNc1ccccn1)NCCCc1cnc[nH]1. The van der Waals surface area contributed by atoms with E-state index in [0.717, 1.165) is 43.9 Å². The molecule has 0 fully saturated rings. The van der Waals surface area contributed by atoms with Crippen LogP contribution in [0.4, 0.5) is 5.82 Å². The van der Waals surface area contributed by atoms with Crippen molar-refractivity contribution in [2.24, 2.45) is 10.7 Å². The van der Waals surface area contributed by atoms with Crippen molar-refractivity contribution in [3.8, 4) is 0 Å². The van der Waals surface area contributed by atoms with Gasteiger partial charge in [0.25, 0.3) is 0 Å². The van der Waals surface area contributed by atoms with Crippen molar-refractivity contribution in [3.63, 3.8) is 0 Å². The highest BCUT2D eigenvalue weighted by Gasteiger charge is 1.95. The maximum Gasteiger partial charge on any atom is 0.188 e. The van der Waals surface area contributed by atoms with Gasteiger partial charge in [-0.25, -0.2) is 9.97 Å². The average Bonchev–Trinajstić information content (AvgIpc) is 3.06. The monoisotopic (exact) mass is 301 g/mol. The zero-order valence-corrected chi connectivity index (χ0v) is 12.6. The molecular formula is C15H23N7. The van der Waals surface area contributed by atoms with E-state index in [4.69, 9.17) is 5.73 Å². The highest BCUT2D eigenvalue weighted by molar-refractivity contribution is 5.77. The van der Waals surface area contributed by atoms with Crippen LogP contribution in [0, 0.1) is 0 Å². The van der Waals surface area contributed by atoms with Crippen LogP contribution in [0.3, 0.4) is 0 Å². The first-order valence-corrected chi connectivity index (χ1v) is 7.50. The zero-order valence-electron chi connectivity index (χ0n) is 12.6. The van der Waals surface area contributed by atoms with E-state index in [1.807, 2.05) is 24.4 Å². The fraction of sp³-hybridized carbons (Fsp3) is 0.400. The average molecular weight is 301 g/mol. The molecule has 0 bridgehead atoms. The summed E-state index contributed by atoms with van der Waals surface area (Å²) >= 11 is 0. The van der Waals surface area contributed by atoms with Gasteiger partial charge < -0.3 is 21.4 Å². The van der Waals surface area contributed by atoms with Crippen molar-refractivity contribution < 1.29 is 0 Å². The van der Waals surface area contributed by atoms with Crippen LogP contribution in [0.2, 0.25) is 0 Å². The number of aryl methyl sites for hydroxylation is 1. The third-order valence-electron chi connectivity index (χ3n) is 3.07.